The van der Waals surface area contributed by atoms with Crippen molar-refractivity contribution in [1.29, 1.82) is 0 Å². The van der Waals surface area contributed by atoms with Gasteiger partial charge < -0.3 is 20.7 Å². The van der Waals surface area contributed by atoms with Crippen LogP contribution >= 0.6 is 11.8 Å². The number of phenols is 2. The van der Waals surface area contributed by atoms with Crippen molar-refractivity contribution in [2.45, 2.75) is 5.75 Å². The van der Waals surface area contributed by atoms with Crippen molar-refractivity contribution >= 4 is 40.2 Å². The number of non-ortho nitro benzene ring substituents is 1. The topological polar surface area (TPSA) is 230 Å². The van der Waals surface area contributed by atoms with E-state index >= 15 is 0 Å². The zero-order chi connectivity index (χ0) is 28.2. The summed E-state index contributed by atoms with van der Waals surface area (Å²) in [6, 6.07) is 15.8. The highest BCUT2D eigenvalue weighted by molar-refractivity contribution is 8.13. The van der Waals surface area contributed by atoms with Crippen molar-refractivity contribution in [2.24, 2.45) is 15.9 Å². The first-order valence-electron chi connectivity index (χ1n) is 10.2. The van der Waals surface area contributed by atoms with E-state index in [-0.39, 0.29) is 5.75 Å². The van der Waals surface area contributed by atoms with Crippen LogP contribution in [0.25, 0.3) is 0 Å². The van der Waals surface area contributed by atoms with Gasteiger partial charge in [-0.15, -0.1) is 5.10 Å². The Morgan fingerprint density at radius 1 is 0.974 bits per heavy atom. The first kappa shape index (κ1) is 29.0. The monoisotopic (exact) mass is 544 g/mol. The number of phenolic OH excluding ortho intramolecular Hbond substituents is 2. The molecular formula is C22H20N6O9S. The van der Waals surface area contributed by atoms with Gasteiger partial charge in [0, 0.05) is 5.75 Å². The molecule has 0 aliphatic carbocycles. The zero-order valence-corrected chi connectivity index (χ0v) is 20.3. The standard InChI is InChI=1S/C16H17N3O2S.C6H3N3O7/c1-21-15-9-13(7-8-14(15)20)10-18-19-16(17)22-11-12-5-3-2-4-6-12;10-6-4(8(13)14)1-3(7(11)12)2-5(6)9(15)16/h2-10,20H,11H2,1H3,(H2,17,19);1-2,10H/b18-10+;. The maximum Gasteiger partial charge on any atom is 0.324 e. The third-order valence-electron chi connectivity index (χ3n) is 4.46. The van der Waals surface area contributed by atoms with Gasteiger partial charge in [0.2, 0.25) is 0 Å². The molecular weight excluding hydrogens is 524 g/mol. The van der Waals surface area contributed by atoms with Crippen molar-refractivity contribution in [3.63, 3.8) is 0 Å². The van der Waals surface area contributed by atoms with E-state index in [2.05, 4.69) is 10.2 Å². The molecule has 0 saturated carbocycles. The minimum atomic E-state index is -1.21. The van der Waals surface area contributed by atoms with Gasteiger partial charge >= 0.3 is 11.4 Å². The lowest BCUT2D eigenvalue weighted by Crippen LogP contribution is -2.05. The van der Waals surface area contributed by atoms with Crippen molar-refractivity contribution in [2.75, 3.05) is 7.11 Å². The van der Waals surface area contributed by atoms with Crippen LogP contribution in [0.5, 0.6) is 17.2 Å². The summed E-state index contributed by atoms with van der Waals surface area (Å²) in [7, 11) is 1.49. The Hall–Kier alpha value is -5.25. The summed E-state index contributed by atoms with van der Waals surface area (Å²) in [5.74, 6) is 0.0136. The second-order valence-electron chi connectivity index (χ2n) is 6.99. The summed E-state index contributed by atoms with van der Waals surface area (Å²) in [4.78, 5) is 27.8. The molecule has 0 fully saturated rings. The van der Waals surface area contributed by atoms with Crippen molar-refractivity contribution in [3.05, 3.63) is 102 Å². The molecule has 0 heterocycles. The second kappa shape index (κ2) is 13.7. The molecule has 3 aromatic carbocycles. The molecule has 0 atom stereocenters. The van der Waals surface area contributed by atoms with Crippen molar-refractivity contribution < 1.29 is 29.7 Å². The number of hydrogen-bond acceptors (Lipinski definition) is 12. The van der Waals surface area contributed by atoms with Crippen LogP contribution in [0.3, 0.4) is 0 Å². The Bertz CT molecular complexity index is 1350. The molecule has 0 amide bonds. The summed E-state index contributed by atoms with van der Waals surface area (Å²) in [5.41, 5.74) is 4.74. The molecule has 38 heavy (non-hydrogen) atoms. The number of nitrogens with zero attached hydrogens (tertiary/aromatic N) is 5. The molecule has 16 heteroatoms. The van der Waals surface area contributed by atoms with E-state index in [1.165, 1.54) is 30.5 Å². The van der Waals surface area contributed by atoms with Gasteiger partial charge in [-0.05, 0) is 29.3 Å². The number of amidine groups is 1. The van der Waals surface area contributed by atoms with Gasteiger partial charge in [-0.3, -0.25) is 30.3 Å². The Balaban J connectivity index is 0.000000281. The number of benzene rings is 3. The fraction of sp³-hybridized carbons (Fsp3) is 0.0909. The maximum absolute atomic E-state index is 10.4. The van der Waals surface area contributed by atoms with Gasteiger partial charge in [0.15, 0.2) is 16.7 Å². The quantitative estimate of drug-likeness (QED) is 0.158. The first-order chi connectivity index (χ1) is 18.0. The number of thioether (sulfide) groups is 1. The summed E-state index contributed by atoms with van der Waals surface area (Å²) < 4.78 is 5.02. The fourth-order valence-electron chi connectivity index (χ4n) is 2.66. The van der Waals surface area contributed by atoms with E-state index in [1.54, 1.807) is 18.3 Å². The minimum absolute atomic E-state index is 0.0843. The lowest BCUT2D eigenvalue weighted by molar-refractivity contribution is -0.404. The lowest BCUT2D eigenvalue weighted by Gasteiger charge is -2.02. The van der Waals surface area contributed by atoms with Gasteiger partial charge in [0.25, 0.3) is 11.4 Å². The molecule has 0 spiro atoms. The van der Waals surface area contributed by atoms with Gasteiger partial charge in [0.1, 0.15) is 0 Å². The number of ether oxygens (including phenoxy) is 1. The van der Waals surface area contributed by atoms with Gasteiger partial charge in [0.05, 0.1) is 40.2 Å². The third-order valence-corrected chi connectivity index (χ3v) is 5.31. The van der Waals surface area contributed by atoms with Crippen LogP contribution in [0.2, 0.25) is 0 Å². The van der Waals surface area contributed by atoms with Crippen LogP contribution in [0.1, 0.15) is 11.1 Å². The van der Waals surface area contributed by atoms with E-state index < -0.39 is 37.6 Å². The molecule has 0 aromatic heterocycles. The van der Waals surface area contributed by atoms with Crippen LogP contribution in [-0.2, 0) is 5.75 Å². The minimum Gasteiger partial charge on any atom is -0.504 e. The molecule has 0 aliphatic heterocycles. The number of nitrogens with two attached hydrogens (primary N) is 1. The Labute approximate surface area is 218 Å². The summed E-state index contributed by atoms with van der Waals surface area (Å²) in [5, 5.41) is 58.0. The average molecular weight is 545 g/mol. The van der Waals surface area contributed by atoms with Crippen LogP contribution in [0, 0.1) is 30.3 Å². The molecule has 15 nitrogen and oxygen atoms in total. The van der Waals surface area contributed by atoms with Crippen molar-refractivity contribution in [1.82, 2.24) is 0 Å². The second-order valence-corrected chi connectivity index (χ2v) is 7.99. The lowest BCUT2D eigenvalue weighted by atomic mass is 10.2. The van der Waals surface area contributed by atoms with Gasteiger partial charge in [-0.25, -0.2) is 0 Å². The zero-order valence-electron chi connectivity index (χ0n) is 19.5. The smallest absolute Gasteiger partial charge is 0.324 e. The van der Waals surface area contributed by atoms with E-state index in [1.807, 2.05) is 30.3 Å². The fourth-order valence-corrected chi connectivity index (χ4v) is 3.27. The van der Waals surface area contributed by atoms with Crippen LogP contribution in [0.15, 0.2) is 70.9 Å². The highest BCUT2D eigenvalue weighted by atomic mass is 32.2. The molecule has 0 unspecified atom stereocenters. The number of rotatable bonds is 8. The van der Waals surface area contributed by atoms with E-state index in [4.69, 9.17) is 15.6 Å². The molecule has 3 rings (SSSR count). The molecule has 198 valence electrons. The third kappa shape index (κ3) is 8.45. The Morgan fingerprint density at radius 3 is 2.11 bits per heavy atom. The summed E-state index contributed by atoms with van der Waals surface area (Å²) in [6.07, 6.45) is 1.55. The maximum atomic E-state index is 10.4. The number of methoxy groups -OCH3 is 1. The summed E-state index contributed by atoms with van der Waals surface area (Å²) >= 11 is 1.42. The van der Waals surface area contributed by atoms with Crippen molar-refractivity contribution in [3.8, 4) is 17.2 Å². The predicted octanol–water partition coefficient (Wildman–Crippen LogP) is 4.10. The molecule has 0 radical (unpaired) electrons. The van der Waals surface area contributed by atoms with Crippen LogP contribution in [0.4, 0.5) is 17.1 Å². The molecule has 0 saturated heterocycles. The highest BCUT2D eigenvalue weighted by Gasteiger charge is 2.30. The predicted molar refractivity (Wildman–Crippen MR) is 140 cm³/mol. The average Bonchev–Trinajstić information content (AvgIpc) is 2.89. The van der Waals surface area contributed by atoms with E-state index in [9.17, 15) is 35.4 Å². The molecule has 0 aliphatic rings. The summed E-state index contributed by atoms with van der Waals surface area (Å²) in [6.45, 7) is 0. The largest absolute Gasteiger partial charge is 0.504 e. The number of nitro groups is 3. The van der Waals surface area contributed by atoms with Gasteiger partial charge in [-0.1, -0.05) is 42.1 Å². The van der Waals surface area contributed by atoms with Crippen LogP contribution in [-0.4, -0.2) is 43.5 Å². The highest BCUT2D eigenvalue weighted by Crippen LogP contribution is 2.39. The normalized spacial score (nSPS) is 10.9. The van der Waals surface area contributed by atoms with E-state index in [0.717, 1.165) is 11.3 Å². The number of aromatic hydroxyl groups is 2. The molecule has 3 aromatic rings. The van der Waals surface area contributed by atoms with Gasteiger partial charge in [-0.2, -0.15) is 5.10 Å². The molecule has 4 N–H and O–H groups in total. The van der Waals surface area contributed by atoms with Crippen LogP contribution < -0.4 is 10.5 Å². The Kier molecular flexibility index (Phi) is 10.5. The Morgan fingerprint density at radius 2 is 1.58 bits per heavy atom. The first-order valence-corrected chi connectivity index (χ1v) is 11.2. The molecule has 0 bridgehead atoms. The SMILES string of the molecule is COc1cc(/C=N/N=C(N)SCc2ccccc2)ccc1O.O=[N+]([O-])c1cc([N+](=O)[O-])c(O)c([N+](=O)[O-])c1. The number of nitro benzene ring substituents is 3. The number of hydrogen-bond donors (Lipinski definition) is 3. The van der Waals surface area contributed by atoms with E-state index in [0.29, 0.717) is 23.0 Å².